The molecule has 0 aromatic rings. The second-order valence-electron chi connectivity index (χ2n) is 5.67. The summed E-state index contributed by atoms with van der Waals surface area (Å²) in [6.45, 7) is 1.51. The first kappa shape index (κ1) is 11.8. The molecular formula is C16H20O2. The Kier molecular flexibility index (Phi) is 3.11. The van der Waals surface area contributed by atoms with E-state index in [4.69, 9.17) is 4.74 Å². The molecule has 0 bridgehead atoms. The zero-order valence-electron chi connectivity index (χ0n) is 10.8. The average Bonchev–Trinajstić information content (AvgIpc) is 2.37. The Morgan fingerprint density at radius 2 is 2.28 bits per heavy atom. The second-order valence-corrected chi connectivity index (χ2v) is 5.67. The SMILES string of the molecule is CC(=O)OC1CCC2C(C=CC3=CC=CCC32)C1. The summed E-state index contributed by atoms with van der Waals surface area (Å²) in [7, 11) is 0. The molecule has 96 valence electrons. The van der Waals surface area contributed by atoms with Crippen LogP contribution in [-0.2, 0) is 9.53 Å². The third kappa shape index (κ3) is 2.16. The molecule has 3 aliphatic carbocycles. The molecule has 0 saturated heterocycles. The van der Waals surface area contributed by atoms with Crippen molar-refractivity contribution in [3.8, 4) is 0 Å². The van der Waals surface area contributed by atoms with Crippen LogP contribution in [0.3, 0.4) is 0 Å². The Hall–Kier alpha value is -1.31. The minimum atomic E-state index is -0.139. The number of carbonyl (C=O) groups excluding carboxylic acids is 1. The molecule has 0 aliphatic heterocycles. The van der Waals surface area contributed by atoms with Gasteiger partial charge in [0.25, 0.3) is 0 Å². The topological polar surface area (TPSA) is 26.3 Å². The average molecular weight is 244 g/mol. The molecule has 0 aromatic heterocycles. The molecule has 1 saturated carbocycles. The van der Waals surface area contributed by atoms with E-state index in [0.717, 1.165) is 18.8 Å². The van der Waals surface area contributed by atoms with Crippen molar-refractivity contribution in [2.45, 2.75) is 38.7 Å². The number of fused-ring (bicyclic) bond motifs is 3. The molecule has 4 atom stereocenters. The van der Waals surface area contributed by atoms with Crippen molar-refractivity contribution >= 4 is 5.97 Å². The van der Waals surface area contributed by atoms with Crippen LogP contribution in [-0.4, -0.2) is 12.1 Å². The smallest absolute Gasteiger partial charge is 0.302 e. The summed E-state index contributed by atoms with van der Waals surface area (Å²) in [4.78, 5) is 11.0. The zero-order chi connectivity index (χ0) is 12.5. The number of hydrogen-bond donors (Lipinski definition) is 0. The van der Waals surface area contributed by atoms with Crippen molar-refractivity contribution in [2.24, 2.45) is 17.8 Å². The van der Waals surface area contributed by atoms with Crippen molar-refractivity contribution in [2.75, 3.05) is 0 Å². The molecule has 3 aliphatic rings. The van der Waals surface area contributed by atoms with Crippen LogP contribution >= 0.6 is 0 Å². The van der Waals surface area contributed by atoms with Crippen LogP contribution in [0.4, 0.5) is 0 Å². The molecule has 0 aromatic carbocycles. The van der Waals surface area contributed by atoms with Gasteiger partial charge in [0.1, 0.15) is 6.10 Å². The van der Waals surface area contributed by atoms with Gasteiger partial charge in [0.05, 0.1) is 0 Å². The fourth-order valence-electron chi connectivity index (χ4n) is 3.75. The Bertz CT molecular complexity index is 430. The number of rotatable bonds is 1. The quantitative estimate of drug-likeness (QED) is 0.661. The number of carbonyl (C=O) groups is 1. The Balaban J connectivity index is 1.73. The molecule has 0 N–H and O–H groups in total. The first-order valence-electron chi connectivity index (χ1n) is 6.96. The number of ether oxygens (including phenoxy) is 1. The van der Waals surface area contributed by atoms with Gasteiger partial charge in [-0.25, -0.2) is 0 Å². The van der Waals surface area contributed by atoms with Gasteiger partial charge in [0.15, 0.2) is 0 Å². The lowest BCUT2D eigenvalue weighted by atomic mass is 9.64. The predicted octanol–water partition coefficient (Wildman–Crippen LogP) is 3.41. The molecular weight excluding hydrogens is 224 g/mol. The van der Waals surface area contributed by atoms with Crippen LogP contribution in [0, 0.1) is 17.8 Å². The predicted molar refractivity (Wildman–Crippen MR) is 70.9 cm³/mol. The maximum atomic E-state index is 11.0. The van der Waals surface area contributed by atoms with Gasteiger partial charge in [0.2, 0.25) is 0 Å². The molecule has 0 amide bonds. The molecule has 0 radical (unpaired) electrons. The third-order valence-electron chi connectivity index (χ3n) is 4.54. The highest BCUT2D eigenvalue weighted by atomic mass is 16.5. The summed E-state index contributed by atoms with van der Waals surface area (Å²) in [6, 6.07) is 0. The van der Waals surface area contributed by atoms with Crippen molar-refractivity contribution in [3.63, 3.8) is 0 Å². The standard InChI is InChI=1S/C16H20O2/c1-11(17)18-14-8-9-16-13(10-14)7-6-12-4-2-3-5-15(12)16/h2-4,6-7,13-16H,5,8-10H2,1H3. The van der Waals surface area contributed by atoms with Crippen LogP contribution in [0.25, 0.3) is 0 Å². The lowest BCUT2D eigenvalue weighted by Crippen LogP contribution is -2.36. The summed E-state index contributed by atoms with van der Waals surface area (Å²) < 4.78 is 5.37. The van der Waals surface area contributed by atoms with Gasteiger partial charge in [0, 0.05) is 6.92 Å². The third-order valence-corrected chi connectivity index (χ3v) is 4.54. The van der Waals surface area contributed by atoms with Gasteiger partial charge >= 0.3 is 5.97 Å². The van der Waals surface area contributed by atoms with Crippen molar-refractivity contribution in [1.82, 2.24) is 0 Å². The van der Waals surface area contributed by atoms with Crippen LogP contribution in [0.2, 0.25) is 0 Å². The molecule has 2 heteroatoms. The van der Waals surface area contributed by atoms with Gasteiger partial charge in [-0.15, -0.1) is 0 Å². The maximum absolute atomic E-state index is 11.0. The second kappa shape index (κ2) is 4.75. The van der Waals surface area contributed by atoms with E-state index in [9.17, 15) is 4.79 Å². The summed E-state index contributed by atoms with van der Waals surface area (Å²) in [5, 5.41) is 0. The minimum absolute atomic E-state index is 0.137. The zero-order valence-corrected chi connectivity index (χ0v) is 10.8. The van der Waals surface area contributed by atoms with Crippen LogP contribution in [0.1, 0.15) is 32.6 Å². The van der Waals surface area contributed by atoms with E-state index in [-0.39, 0.29) is 12.1 Å². The summed E-state index contributed by atoms with van der Waals surface area (Å²) in [5.74, 6) is 1.90. The van der Waals surface area contributed by atoms with Crippen molar-refractivity contribution in [3.05, 3.63) is 36.0 Å². The molecule has 4 unspecified atom stereocenters. The lowest BCUT2D eigenvalue weighted by Gasteiger charge is -2.42. The highest BCUT2D eigenvalue weighted by Gasteiger charge is 2.38. The monoisotopic (exact) mass is 244 g/mol. The molecule has 1 fully saturated rings. The Morgan fingerprint density at radius 3 is 3.11 bits per heavy atom. The van der Waals surface area contributed by atoms with E-state index in [1.807, 2.05) is 0 Å². The summed E-state index contributed by atoms with van der Waals surface area (Å²) in [5.41, 5.74) is 1.49. The highest BCUT2D eigenvalue weighted by molar-refractivity contribution is 5.66. The normalized spacial score (nSPS) is 37.5. The lowest BCUT2D eigenvalue weighted by molar-refractivity contribution is -0.149. The minimum Gasteiger partial charge on any atom is -0.463 e. The van der Waals surface area contributed by atoms with Crippen LogP contribution in [0.15, 0.2) is 36.0 Å². The number of esters is 1. The van der Waals surface area contributed by atoms with Crippen molar-refractivity contribution < 1.29 is 9.53 Å². The van der Waals surface area contributed by atoms with E-state index < -0.39 is 0 Å². The van der Waals surface area contributed by atoms with Crippen LogP contribution in [0.5, 0.6) is 0 Å². The fraction of sp³-hybridized carbons (Fsp3) is 0.562. The van der Waals surface area contributed by atoms with E-state index in [2.05, 4.69) is 30.4 Å². The molecule has 18 heavy (non-hydrogen) atoms. The van der Waals surface area contributed by atoms with Gasteiger partial charge in [-0.3, -0.25) is 4.79 Å². The van der Waals surface area contributed by atoms with E-state index in [0.29, 0.717) is 11.8 Å². The first-order valence-corrected chi connectivity index (χ1v) is 6.96. The summed E-state index contributed by atoms with van der Waals surface area (Å²) >= 11 is 0. The Labute approximate surface area is 108 Å². The van der Waals surface area contributed by atoms with E-state index in [1.165, 1.54) is 25.3 Å². The van der Waals surface area contributed by atoms with E-state index in [1.54, 1.807) is 0 Å². The largest absolute Gasteiger partial charge is 0.463 e. The van der Waals surface area contributed by atoms with Gasteiger partial charge in [-0.05, 0) is 49.0 Å². The Morgan fingerprint density at radius 1 is 1.39 bits per heavy atom. The van der Waals surface area contributed by atoms with Gasteiger partial charge < -0.3 is 4.74 Å². The molecule has 0 heterocycles. The fourth-order valence-corrected chi connectivity index (χ4v) is 3.75. The van der Waals surface area contributed by atoms with Crippen molar-refractivity contribution in [1.29, 1.82) is 0 Å². The van der Waals surface area contributed by atoms with Gasteiger partial charge in [-0.1, -0.05) is 30.4 Å². The maximum Gasteiger partial charge on any atom is 0.302 e. The van der Waals surface area contributed by atoms with Crippen LogP contribution < -0.4 is 0 Å². The first-order chi connectivity index (χ1) is 8.74. The number of allylic oxidation sites excluding steroid dienone is 6. The molecule has 3 rings (SSSR count). The summed E-state index contributed by atoms with van der Waals surface area (Å²) in [6.07, 6.45) is 15.8. The number of hydrogen-bond acceptors (Lipinski definition) is 2. The molecule has 0 spiro atoms. The van der Waals surface area contributed by atoms with E-state index >= 15 is 0 Å². The highest BCUT2D eigenvalue weighted by Crippen LogP contribution is 2.45. The molecule has 2 nitrogen and oxygen atoms in total. The van der Waals surface area contributed by atoms with Gasteiger partial charge in [-0.2, -0.15) is 0 Å².